The third-order valence-corrected chi connectivity index (χ3v) is 4.89. The number of carbonyl (C=O) groups excluding carboxylic acids is 2. The molecular weight excluding hydrogens is 387 g/mol. The number of nitrogens with zero attached hydrogens (tertiary/aromatic N) is 1. The summed E-state index contributed by atoms with van der Waals surface area (Å²) >= 11 is 0. The van der Waals surface area contributed by atoms with Crippen LogP contribution in [0.2, 0.25) is 0 Å². The maximum atomic E-state index is 14.2. The van der Waals surface area contributed by atoms with Crippen LogP contribution in [-0.2, 0) is 16.1 Å². The van der Waals surface area contributed by atoms with Crippen LogP contribution >= 0.6 is 0 Å². The zero-order valence-electron chi connectivity index (χ0n) is 17.9. The van der Waals surface area contributed by atoms with Gasteiger partial charge in [-0.1, -0.05) is 25.1 Å². The minimum absolute atomic E-state index is 0.0269. The summed E-state index contributed by atoms with van der Waals surface area (Å²) in [5.41, 5.74) is 0.332. The van der Waals surface area contributed by atoms with E-state index in [-0.39, 0.29) is 25.1 Å². The first-order valence-corrected chi connectivity index (χ1v) is 9.95. The number of ether oxygens (including phenoxy) is 2. The Bertz CT molecular complexity index is 841. The van der Waals surface area contributed by atoms with Crippen LogP contribution in [0.3, 0.4) is 0 Å². The Labute approximate surface area is 177 Å². The molecule has 0 bridgehead atoms. The molecule has 0 aliphatic heterocycles. The van der Waals surface area contributed by atoms with E-state index in [4.69, 9.17) is 9.47 Å². The second-order valence-electron chi connectivity index (χ2n) is 7.07. The van der Waals surface area contributed by atoms with Gasteiger partial charge in [-0.2, -0.15) is 0 Å². The average Bonchev–Trinajstić information content (AvgIpc) is 2.76. The molecule has 0 aromatic heterocycles. The van der Waals surface area contributed by atoms with Gasteiger partial charge in [0.2, 0.25) is 5.91 Å². The molecule has 2 amide bonds. The van der Waals surface area contributed by atoms with Crippen LogP contribution in [0.15, 0.2) is 48.5 Å². The van der Waals surface area contributed by atoms with Crippen molar-refractivity contribution in [2.24, 2.45) is 0 Å². The summed E-state index contributed by atoms with van der Waals surface area (Å²) in [7, 11) is 1.56. The molecule has 162 valence electrons. The van der Waals surface area contributed by atoms with Gasteiger partial charge < -0.3 is 19.7 Å². The summed E-state index contributed by atoms with van der Waals surface area (Å²) in [6, 6.07) is 12.2. The molecule has 2 rings (SSSR count). The van der Waals surface area contributed by atoms with Crippen molar-refractivity contribution in [2.45, 2.75) is 45.8 Å². The van der Waals surface area contributed by atoms with Crippen molar-refractivity contribution in [3.8, 4) is 11.5 Å². The van der Waals surface area contributed by atoms with E-state index in [0.717, 1.165) is 6.42 Å². The molecule has 0 spiro atoms. The number of hydrogen-bond donors (Lipinski definition) is 1. The van der Waals surface area contributed by atoms with E-state index >= 15 is 0 Å². The summed E-state index contributed by atoms with van der Waals surface area (Å²) in [6.07, 6.45) is 0.764. The fourth-order valence-electron chi connectivity index (χ4n) is 2.76. The van der Waals surface area contributed by atoms with E-state index in [1.165, 1.54) is 11.0 Å². The van der Waals surface area contributed by atoms with Crippen LogP contribution < -0.4 is 14.8 Å². The normalized spacial score (nSPS) is 12.6. The lowest BCUT2D eigenvalue weighted by atomic mass is 10.1. The molecule has 0 saturated heterocycles. The first-order valence-electron chi connectivity index (χ1n) is 9.95. The third-order valence-electron chi connectivity index (χ3n) is 4.89. The van der Waals surface area contributed by atoms with Gasteiger partial charge in [-0.05, 0) is 50.6 Å². The molecule has 0 heterocycles. The van der Waals surface area contributed by atoms with Gasteiger partial charge in [0.25, 0.3) is 5.91 Å². The number of rotatable bonds is 10. The molecule has 0 radical (unpaired) electrons. The molecule has 2 atom stereocenters. The summed E-state index contributed by atoms with van der Waals surface area (Å²) in [5.74, 6) is 0.0251. The number of amides is 2. The second kappa shape index (κ2) is 11.2. The smallest absolute Gasteiger partial charge is 0.261 e. The van der Waals surface area contributed by atoms with E-state index < -0.39 is 17.8 Å². The minimum atomic E-state index is -0.787. The second-order valence-corrected chi connectivity index (χ2v) is 7.07. The predicted octanol–water partition coefficient (Wildman–Crippen LogP) is 3.55. The Morgan fingerprint density at radius 1 is 1.07 bits per heavy atom. The molecule has 2 aromatic carbocycles. The van der Waals surface area contributed by atoms with Crippen molar-refractivity contribution in [3.05, 3.63) is 59.9 Å². The number of hydrogen-bond acceptors (Lipinski definition) is 4. The summed E-state index contributed by atoms with van der Waals surface area (Å²) < 4.78 is 24.9. The molecule has 2 aromatic rings. The van der Waals surface area contributed by atoms with Crippen molar-refractivity contribution in [1.29, 1.82) is 0 Å². The molecule has 1 N–H and O–H groups in total. The molecule has 0 aliphatic rings. The van der Waals surface area contributed by atoms with Crippen LogP contribution in [0, 0.1) is 5.82 Å². The fraction of sp³-hybridized carbons (Fsp3) is 0.391. The Hall–Kier alpha value is -3.09. The van der Waals surface area contributed by atoms with Crippen molar-refractivity contribution < 1.29 is 23.5 Å². The highest BCUT2D eigenvalue weighted by atomic mass is 19.1. The highest BCUT2D eigenvalue weighted by Crippen LogP contribution is 2.18. The molecular formula is C23H29FN2O4. The summed E-state index contributed by atoms with van der Waals surface area (Å²) in [5, 5.41) is 2.87. The number of methoxy groups -OCH3 is 1. The average molecular weight is 416 g/mol. The monoisotopic (exact) mass is 416 g/mol. The molecule has 0 unspecified atom stereocenters. The highest BCUT2D eigenvalue weighted by molar-refractivity contribution is 5.88. The van der Waals surface area contributed by atoms with Gasteiger partial charge in [-0.25, -0.2) is 4.39 Å². The zero-order chi connectivity index (χ0) is 22.1. The van der Waals surface area contributed by atoms with E-state index in [9.17, 15) is 14.0 Å². The van der Waals surface area contributed by atoms with Crippen molar-refractivity contribution in [2.75, 3.05) is 13.7 Å². The molecule has 0 aliphatic carbocycles. The first-order chi connectivity index (χ1) is 14.3. The lowest BCUT2D eigenvalue weighted by Crippen LogP contribution is -2.50. The van der Waals surface area contributed by atoms with Gasteiger partial charge in [-0.15, -0.1) is 0 Å². The topological polar surface area (TPSA) is 67.9 Å². The number of carbonyl (C=O) groups is 2. The summed E-state index contributed by atoms with van der Waals surface area (Å²) in [6.45, 7) is 5.17. The number of halogens is 1. The standard InChI is InChI=1S/C23H29FN2O4/c1-5-16(2)25-23(28)17(3)26(14-18-8-6-7-9-21(18)24)22(27)15-30-20-12-10-19(29-4)11-13-20/h6-13,16-17H,5,14-15H2,1-4H3,(H,25,28)/t16-,17-/m0/s1. The molecule has 6 nitrogen and oxygen atoms in total. The Morgan fingerprint density at radius 2 is 1.70 bits per heavy atom. The van der Waals surface area contributed by atoms with E-state index in [2.05, 4.69) is 5.32 Å². The number of nitrogens with one attached hydrogen (secondary N) is 1. The lowest BCUT2D eigenvalue weighted by molar-refractivity contribution is -0.142. The van der Waals surface area contributed by atoms with Gasteiger partial charge in [-0.3, -0.25) is 9.59 Å². The van der Waals surface area contributed by atoms with E-state index in [1.807, 2.05) is 13.8 Å². The van der Waals surface area contributed by atoms with Crippen LogP contribution in [0.1, 0.15) is 32.8 Å². The SMILES string of the molecule is CC[C@H](C)NC(=O)[C@H](C)N(Cc1ccccc1F)C(=O)COc1ccc(OC)cc1. The fourth-order valence-corrected chi connectivity index (χ4v) is 2.76. The van der Waals surface area contributed by atoms with E-state index in [0.29, 0.717) is 17.1 Å². The maximum Gasteiger partial charge on any atom is 0.261 e. The Balaban J connectivity index is 2.14. The van der Waals surface area contributed by atoms with Crippen LogP contribution in [0.5, 0.6) is 11.5 Å². The largest absolute Gasteiger partial charge is 0.497 e. The maximum absolute atomic E-state index is 14.2. The molecule has 0 fully saturated rings. The number of benzene rings is 2. The van der Waals surface area contributed by atoms with Crippen LogP contribution in [0.4, 0.5) is 4.39 Å². The van der Waals surface area contributed by atoms with Crippen molar-refractivity contribution >= 4 is 11.8 Å². The van der Waals surface area contributed by atoms with Crippen molar-refractivity contribution in [3.63, 3.8) is 0 Å². The molecule has 7 heteroatoms. The van der Waals surface area contributed by atoms with Gasteiger partial charge in [0.05, 0.1) is 7.11 Å². The molecule has 30 heavy (non-hydrogen) atoms. The van der Waals surface area contributed by atoms with Gasteiger partial charge in [0.15, 0.2) is 6.61 Å². The molecule has 0 saturated carbocycles. The predicted molar refractivity (Wildman–Crippen MR) is 113 cm³/mol. The minimum Gasteiger partial charge on any atom is -0.497 e. The van der Waals surface area contributed by atoms with Gasteiger partial charge in [0, 0.05) is 18.2 Å². The van der Waals surface area contributed by atoms with Crippen molar-refractivity contribution in [1.82, 2.24) is 10.2 Å². The quantitative estimate of drug-likeness (QED) is 0.643. The summed E-state index contributed by atoms with van der Waals surface area (Å²) in [4.78, 5) is 26.9. The van der Waals surface area contributed by atoms with Gasteiger partial charge >= 0.3 is 0 Å². The Kier molecular flexibility index (Phi) is 8.65. The van der Waals surface area contributed by atoms with E-state index in [1.54, 1.807) is 56.5 Å². The Morgan fingerprint density at radius 3 is 2.30 bits per heavy atom. The van der Waals surface area contributed by atoms with Gasteiger partial charge in [0.1, 0.15) is 23.4 Å². The zero-order valence-corrected chi connectivity index (χ0v) is 17.9. The highest BCUT2D eigenvalue weighted by Gasteiger charge is 2.27. The lowest BCUT2D eigenvalue weighted by Gasteiger charge is -2.29. The van der Waals surface area contributed by atoms with Crippen LogP contribution in [0.25, 0.3) is 0 Å². The van der Waals surface area contributed by atoms with Crippen LogP contribution in [-0.4, -0.2) is 42.5 Å². The third kappa shape index (κ3) is 6.47. The first kappa shape index (κ1) is 23.2.